The van der Waals surface area contributed by atoms with Crippen molar-refractivity contribution in [3.8, 4) is 0 Å². The fraction of sp³-hybridized carbons (Fsp3) is 0.800. The van der Waals surface area contributed by atoms with Crippen LogP contribution in [-0.2, 0) is 4.74 Å². The molecule has 19 heavy (non-hydrogen) atoms. The Morgan fingerprint density at radius 3 is 3.05 bits per heavy atom. The number of piperidine rings is 1. The van der Waals surface area contributed by atoms with E-state index in [1.807, 2.05) is 6.20 Å². The quantitative estimate of drug-likeness (QED) is 0.741. The summed E-state index contributed by atoms with van der Waals surface area (Å²) in [5.74, 6) is 1.84. The molecule has 1 fully saturated rings. The van der Waals surface area contributed by atoms with Gasteiger partial charge in [0.05, 0.1) is 6.61 Å². The third-order valence-corrected chi connectivity index (χ3v) is 3.88. The van der Waals surface area contributed by atoms with E-state index in [2.05, 4.69) is 41.4 Å². The Morgan fingerprint density at radius 2 is 2.32 bits per heavy atom. The average Bonchev–Trinajstić information content (AvgIpc) is 2.89. The summed E-state index contributed by atoms with van der Waals surface area (Å²) in [4.78, 5) is 7.11. The van der Waals surface area contributed by atoms with Crippen LogP contribution in [0, 0.1) is 0 Å². The van der Waals surface area contributed by atoms with Crippen LogP contribution in [0.3, 0.4) is 0 Å². The third-order valence-electron chi connectivity index (χ3n) is 3.88. The van der Waals surface area contributed by atoms with Crippen LogP contribution in [0.4, 0.5) is 0 Å². The Bertz CT molecular complexity index is 375. The number of nitrogens with zero attached hydrogens (tertiary/aromatic N) is 3. The molecular weight excluding hydrogens is 238 g/mol. The standard InChI is InChI=1S/C15H27N3O/c1-4-19-11-10-17-8-5-6-14(12-17)15-16-7-9-18(15)13(2)3/h7,9,13-14H,4-6,8,10-12H2,1-3H3/t14-/m1/s1. The van der Waals surface area contributed by atoms with Crippen LogP contribution in [0.1, 0.15) is 51.4 Å². The van der Waals surface area contributed by atoms with Gasteiger partial charge in [-0.15, -0.1) is 0 Å². The highest BCUT2D eigenvalue weighted by atomic mass is 16.5. The van der Waals surface area contributed by atoms with E-state index in [4.69, 9.17) is 4.74 Å². The lowest BCUT2D eigenvalue weighted by atomic mass is 9.97. The number of aromatic nitrogens is 2. The van der Waals surface area contributed by atoms with Gasteiger partial charge in [0.1, 0.15) is 5.82 Å². The summed E-state index contributed by atoms with van der Waals surface area (Å²) in [5.41, 5.74) is 0. The van der Waals surface area contributed by atoms with Crippen molar-refractivity contribution in [2.24, 2.45) is 0 Å². The Kier molecular flexibility index (Phi) is 5.40. The molecule has 0 aromatic carbocycles. The van der Waals surface area contributed by atoms with Gasteiger partial charge in [-0.25, -0.2) is 4.98 Å². The zero-order valence-corrected chi connectivity index (χ0v) is 12.5. The van der Waals surface area contributed by atoms with Crippen molar-refractivity contribution >= 4 is 0 Å². The largest absolute Gasteiger partial charge is 0.380 e. The first kappa shape index (κ1) is 14.5. The monoisotopic (exact) mass is 265 g/mol. The first-order valence-electron chi connectivity index (χ1n) is 7.55. The molecule has 0 aliphatic carbocycles. The minimum atomic E-state index is 0.497. The van der Waals surface area contributed by atoms with Gasteiger partial charge < -0.3 is 14.2 Å². The van der Waals surface area contributed by atoms with Gasteiger partial charge >= 0.3 is 0 Å². The highest BCUT2D eigenvalue weighted by Gasteiger charge is 2.24. The van der Waals surface area contributed by atoms with Crippen LogP contribution in [-0.4, -0.2) is 47.3 Å². The Balaban J connectivity index is 1.94. The lowest BCUT2D eigenvalue weighted by molar-refractivity contribution is 0.0994. The van der Waals surface area contributed by atoms with Gasteiger partial charge in [-0.05, 0) is 40.2 Å². The van der Waals surface area contributed by atoms with Crippen LogP contribution in [0.25, 0.3) is 0 Å². The minimum absolute atomic E-state index is 0.497. The summed E-state index contributed by atoms with van der Waals surface area (Å²) in [7, 11) is 0. The van der Waals surface area contributed by atoms with E-state index < -0.39 is 0 Å². The van der Waals surface area contributed by atoms with Crippen LogP contribution >= 0.6 is 0 Å². The molecule has 108 valence electrons. The highest BCUT2D eigenvalue weighted by Crippen LogP contribution is 2.27. The molecule has 0 radical (unpaired) electrons. The summed E-state index contributed by atoms with van der Waals surface area (Å²) in [6.07, 6.45) is 6.57. The van der Waals surface area contributed by atoms with Crippen molar-refractivity contribution in [1.29, 1.82) is 0 Å². The molecule has 2 heterocycles. The lowest BCUT2D eigenvalue weighted by Gasteiger charge is -2.32. The van der Waals surface area contributed by atoms with E-state index in [0.717, 1.165) is 26.3 Å². The molecule has 1 saturated heterocycles. The van der Waals surface area contributed by atoms with Crippen molar-refractivity contribution in [2.45, 2.75) is 45.6 Å². The number of likely N-dealkylation sites (tertiary alicyclic amines) is 1. The maximum atomic E-state index is 5.46. The zero-order valence-electron chi connectivity index (χ0n) is 12.5. The predicted octanol–water partition coefficient (Wildman–Crippen LogP) is 2.68. The smallest absolute Gasteiger partial charge is 0.113 e. The normalized spacial score (nSPS) is 21.2. The zero-order chi connectivity index (χ0) is 13.7. The van der Waals surface area contributed by atoms with Gasteiger partial charge in [0.15, 0.2) is 0 Å². The van der Waals surface area contributed by atoms with Gasteiger partial charge in [-0.1, -0.05) is 0 Å². The first-order valence-corrected chi connectivity index (χ1v) is 7.55. The van der Waals surface area contributed by atoms with E-state index in [9.17, 15) is 0 Å². The SMILES string of the molecule is CCOCCN1CCC[C@@H](c2nccn2C(C)C)C1. The molecule has 1 aromatic rings. The predicted molar refractivity (Wildman–Crippen MR) is 77.5 cm³/mol. The molecule has 4 heteroatoms. The molecule has 1 aliphatic rings. The maximum Gasteiger partial charge on any atom is 0.113 e. The molecule has 0 spiro atoms. The summed E-state index contributed by atoms with van der Waals surface area (Å²) < 4.78 is 7.78. The number of imidazole rings is 1. The van der Waals surface area contributed by atoms with Gasteiger partial charge in [-0.2, -0.15) is 0 Å². The number of hydrogen-bond acceptors (Lipinski definition) is 3. The molecule has 4 nitrogen and oxygen atoms in total. The summed E-state index contributed by atoms with van der Waals surface area (Å²) in [6.45, 7) is 11.5. The maximum absolute atomic E-state index is 5.46. The van der Waals surface area contributed by atoms with Crippen LogP contribution in [0.2, 0.25) is 0 Å². The van der Waals surface area contributed by atoms with Crippen molar-refractivity contribution in [3.63, 3.8) is 0 Å². The molecule has 1 aromatic heterocycles. The van der Waals surface area contributed by atoms with Gasteiger partial charge in [0.25, 0.3) is 0 Å². The topological polar surface area (TPSA) is 30.3 Å². The number of ether oxygens (including phenoxy) is 1. The van der Waals surface area contributed by atoms with Crippen LogP contribution in [0.15, 0.2) is 12.4 Å². The van der Waals surface area contributed by atoms with Crippen molar-refractivity contribution in [1.82, 2.24) is 14.5 Å². The van der Waals surface area contributed by atoms with E-state index in [-0.39, 0.29) is 0 Å². The lowest BCUT2D eigenvalue weighted by Crippen LogP contribution is -2.37. The highest BCUT2D eigenvalue weighted by molar-refractivity contribution is 5.04. The molecule has 0 N–H and O–H groups in total. The Hall–Kier alpha value is -0.870. The fourth-order valence-electron chi connectivity index (χ4n) is 2.88. The van der Waals surface area contributed by atoms with Gasteiger partial charge in [0, 0.05) is 44.0 Å². The Morgan fingerprint density at radius 1 is 1.47 bits per heavy atom. The molecule has 2 rings (SSSR count). The summed E-state index contributed by atoms with van der Waals surface area (Å²) in [6, 6.07) is 0.497. The van der Waals surface area contributed by atoms with E-state index >= 15 is 0 Å². The first-order chi connectivity index (χ1) is 9.22. The molecule has 0 unspecified atom stereocenters. The molecule has 0 bridgehead atoms. The molecular formula is C15H27N3O. The molecule has 1 aliphatic heterocycles. The Labute approximate surface area is 116 Å². The van der Waals surface area contributed by atoms with Gasteiger partial charge in [-0.3, -0.25) is 0 Å². The molecule has 1 atom stereocenters. The summed E-state index contributed by atoms with van der Waals surface area (Å²) in [5, 5.41) is 0. The van der Waals surface area contributed by atoms with Crippen LogP contribution < -0.4 is 0 Å². The summed E-state index contributed by atoms with van der Waals surface area (Å²) >= 11 is 0. The fourth-order valence-corrected chi connectivity index (χ4v) is 2.88. The number of rotatable bonds is 6. The minimum Gasteiger partial charge on any atom is -0.380 e. The second-order valence-electron chi connectivity index (χ2n) is 5.62. The average molecular weight is 265 g/mol. The van der Waals surface area contributed by atoms with E-state index in [1.54, 1.807) is 0 Å². The second kappa shape index (κ2) is 7.06. The molecule has 0 amide bonds. The van der Waals surface area contributed by atoms with Crippen LogP contribution in [0.5, 0.6) is 0 Å². The van der Waals surface area contributed by atoms with Crippen molar-refractivity contribution < 1.29 is 4.74 Å². The van der Waals surface area contributed by atoms with Gasteiger partial charge in [0.2, 0.25) is 0 Å². The van der Waals surface area contributed by atoms with E-state index in [1.165, 1.54) is 25.2 Å². The number of hydrogen-bond donors (Lipinski definition) is 0. The molecule has 0 saturated carbocycles. The third kappa shape index (κ3) is 3.80. The van der Waals surface area contributed by atoms with E-state index in [0.29, 0.717) is 12.0 Å². The van der Waals surface area contributed by atoms with Crippen molar-refractivity contribution in [3.05, 3.63) is 18.2 Å². The van der Waals surface area contributed by atoms with Crippen molar-refractivity contribution in [2.75, 3.05) is 32.8 Å². The second-order valence-corrected chi connectivity index (χ2v) is 5.62.